The molecule has 102 valence electrons. The highest BCUT2D eigenvalue weighted by Gasteiger charge is 2.05. The summed E-state index contributed by atoms with van der Waals surface area (Å²) in [5.74, 6) is 2.10. The van der Waals surface area contributed by atoms with Crippen molar-refractivity contribution in [1.29, 1.82) is 0 Å². The van der Waals surface area contributed by atoms with Crippen LogP contribution >= 0.6 is 0 Å². The number of ether oxygens (including phenoxy) is 1. The van der Waals surface area contributed by atoms with Gasteiger partial charge in [0.15, 0.2) is 0 Å². The van der Waals surface area contributed by atoms with Gasteiger partial charge in [0.05, 0.1) is 6.61 Å². The van der Waals surface area contributed by atoms with Gasteiger partial charge in [-0.3, -0.25) is 0 Å². The maximum atomic E-state index is 5.75. The van der Waals surface area contributed by atoms with Crippen molar-refractivity contribution in [1.82, 2.24) is 10.3 Å². The van der Waals surface area contributed by atoms with Crippen LogP contribution in [-0.4, -0.2) is 18.1 Å². The maximum Gasteiger partial charge on any atom is 0.217 e. The van der Waals surface area contributed by atoms with E-state index in [4.69, 9.17) is 4.74 Å². The molecular weight excluding hydrogens is 224 g/mol. The lowest BCUT2D eigenvalue weighted by Crippen LogP contribution is -2.19. The van der Waals surface area contributed by atoms with Gasteiger partial charge in [0.1, 0.15) is 0 Å². The quantitative estimate of drug-likeness (QED) is 0.769. The van der Waals surface area contributed by atoms with Crippen molar-refractivity contribution in [3.05, 3.63) is 23.9 Å². The van der Waals surface area contributed by atoms with E-state index in [-0.39, 0.29) is 0 Å². The average Bonchev–Trinajstić information content (AvgIpc) is 2.30. The third-order valence-electron chi connectivity index (χ3n) is 2.65. The van der Waals surface area contributed by atoms with Crippen LogP contribution in [0.3, 0.4) is 0 Å². The Kier molecular flexibility index (Phi) is 6.73. The first-order valence-corrected chi connectivity index (χ1v) is 6.87. The van der Waals surface area contributed by atoms with Crippen molar-refractivity contribution in [2.24, 2.45) is 11.8 Å². The van der Waals surface area contributed by atoms with E-state index >= 15 is 0 Å². The van der Waals surface area contributed by atoms with Gasteiger partial charge < -0.3 is 10.1 Å². The van der Waals surface area contributed by atoms with E-state index in [1.807, 2.05) is 6.07 Å². The van der Waals surface area contributed by atoms with E-state index < -0.39 is 0 Å². The van der Waals surface area contributed by atoms with Gasteiger partial charge in [-0.15, -0.1) is 0 Å². The highest BCUT2D eigenvalue weighted by molar-refractivity contribution is 5.25. The van der Waals surface area contributed by atoms with E-state index in [0.29, 0.717) is 11.8 Å². The molecule has 1 rings (SSSR count). The van der Waals surface area contributed by atoms with Gasteiger partial charge in [0.25, 0.3) is 0 Å². The molecule has 3 nitrogen and oxygen atoms in total. The van der Waals surface area contributed by atoms with Crippen LogP contribution < -0.4 is 10.1 Å². The zero-order valence-corrected chi connectivity index (χ0v) is 12.1. The molecule has 0 spiro atoms. The van der Waals surface area contributed by atoms with Crippen molar-refractivity contribution < 1.29 is 4.74 Å². The lowest BCUT2D eigenvalue weighted by Gasteiger charge is -2.12. The van der Waals surface area contributed by atoms with Crippen LogP contribution in [0, 0.1) is 11.8 Å². The van der Waals surface area contributed by atoms with Crippen molar-refractivity contribution in [3.63, 3.8) is 0 Å². The molecule has 0 bridgehead atoms. The molecule has 1 aromatic heterocycles. The second kappa shape index (κ2) is 8.09. The summed E-state index contributed by atoms with van der Waals surface area (Å²) in [5.41, 5.74) is 1.14. The largest absolute Gasteiger partial charge is 0.477 e. The molecule has 0 aromatic carbocycles. The minimum absolute atomic E-state index is 0.659. The molecule has 0 amide bonds. The zero-order chi connectivity index (χ0) is 13.4. The second-order valence-electron chi connectivity index (χ2n) is 5.52. The number of nitrogens with zero attached hydrogens (tertiary/aromatic N) is 1. The number of hydrogen-bond acceptors (Lipinski definition) is 3. The first kappa shape index (κ1) is 15.0. The zero-order valence-electron chi connectivity index (χ0n) is 12.1. The molecule has 0 aliphatic heterocycles. The molecule has 0 saturated carbocycles. The fourth-order valence-electron chi connectivity index (χ4n) is 1.58. The molecule has 1 N–H and O–H groups in total. The van der Waals surface area contributed by atoms with Gasteiger partial charge in [0.2, 0.25) is 5.88 Å². The van der Waals surface area contributed by atoms with Crippen LogP contribution in [0.15, 0.2) is 18.3 Å². The molecule has 3 heteroatoms. The fraction of sp³-hybridized carbons (Fsp3) is 0.667. The summed E-state index contributed by atoms with van der Waals surface area (Å²) in [6.07, 6.45) is 2.85. The Bertz CT molecular complexity index is 304. The summed E-state index contributed by atoms with van der Waals surface area (Å²) in [7, 11) is 0. The van der Waals surface area contributed by atoms with E-state index in [1.165, 1.54) is 0 Å². The number of aromatic nitrogens is 1. The van der Waals surface area contributed by atoms with E-state index in [1.54, 1.807) is 6.20 Å². The Hall–Kier alpha value is -1.09. The third kappa shape index (κ3) is 6.01. The summed E-state index contributed by atoms with van der Waals surface area (Å²) in [4.78, 5) is 4.31. The van der Waals surface area contributed by atoms with Gasteiger partial charge in [-0.25, -0.2) is 4.98 Å². The predicted molar refractivity (Wildman–Crippen MR) is 75.7 cm³/mol. The highest BCUT2D eigenvalue weighted by atomic mass is 16.5. The van der Waals surface area contributed by atoms with Crippen molar-refractivity contribution in [2.75, 3.05) is 13.2 Å². The van der Waals surface area contributed by atoms with Crippen molar-refractivity contribution in [3.8, 4) is 5.88 Å². The van der Waals surface area contributed by atoms with E-state index in [2.05, 4.69) is 44.1 Å². The van der Waals surface area contributed by atoms with Crippen LogP contribution in [-0.2, 0) is 6.54 Å². The summed E-state index contributed by atoms with van der Waals surface area (Å²) >= 11 is 0. The molecule has 0 radical (unpaired) electrons. The van der Waals surface area contributed by atoms with E-state index in [0.717, 1.165) is 37.6 Å². The van der Waals surface area contributed by atoms with Gasteiger partial charge >= 0.3 is 0 Å². The normalized spacial score (nSPS) is 11.2. The minimum Gasteiger partial charge on any atom is -0.477 e. The molecular formula is C15H26N2O. The Balaban J connectivity index is 2.45. The van der Waals surface area contributed by atoms with Crippen LogP contribution in [0.5, 0.6) is 5.88 Å². The number of pyridine rings is 1. The molecule has 0 unspecified atom stereocenters. The van der Waals surface area contributed by atoms with Crippen LogP contribution in [0.1, 0.15) is 39.7 Å². The Labute approximate surface area is 111 Å². The first-order chi connectivity index (χ1) is 8.59. The number of rotatable bonds is 8. The lowest BCUT2D eigenvalue weighted by atomic mass is 10.1. The summed E-state index contributed by atoms with van der Waals surface area (Å²) in [6.45, 7) is 11.4. The van der Waals surface area contributed by atoms with Crippen LogP contribution in [0.4, 0.5) is 0 Å². The predicted octanol–water partition coefficient (Wildman–Crippen LogP) is 3.25. The molecule has 1 aromatic rings. The minimum atomic E-state index is 0.659. The van der Waals surface area contributed by atoms with E-state index in [9.17, 15) is 0 Å². The van der Waals surface area contributed by atoms with Crippen LogP contribution in [0.2, 0.25) is 0 Å². The Morgan fingerprint density at radius 1 is 1.22 bits per heavy atom. The van der Waals surface area contributed by atoms with Crippen molar-refractivity contribution in [2.45, 2.75) is 40.7 Å². The second-order valence-corrected chi connectivity index (χ2v) is 5.52. The summed E-state index contributed by atoms with van der Waals surface area (Å²) < 4.78 is 5.75. The lowest BCUT2D eigenvalue weighted by molar-refractivity contribution is 0.276. The molecule has 0 aliphatic carbocycles. The summed E-state index contributed by atoms with van der Waals surface area (Å²) in [6, 6.07) is 4.03. The fourth-order valence-corrected chi connectivity index (χ4v) is 1.58. The molecule has 1 heterocycles. The highest BCUT2D eigenvalue weighted by Crippen LogP contribution is 2.15. The molecule has 0 saturated heterocycles. The molecule has 18 heavy (non-hydrogen) atoms. The SMILES string of the molecule is CC(C)CCOc1ncccc1CNCC(C)C. The average molecular weight is 250 g/mol. The number of nitrogens with one attached hydrogen (secondary N) is 1. The monoisotopic (exact) mass is 250 g/mol. The molecule has 0 aliphatic rings. The molecule has 0 atom stereocenters. The van der Waals surface area contributed by atoms with Gasteiger partial charge in [-0.05, 0) is 30.9 Å². The van der Waals surface area contributed by atoms with Gasteiger partial charge in [-0.1, -0.05) is 33.8 Å². The Morgan fingerprint density at radius 2 is 2.00 bits per heavy atom. The van der Waals surface area contributed by atoms with Gasteiger partial charge in [0, 0.05) is 18.3 Å². The summed E-state index contributed by atoms with van der Waals surface area (Å²) in [5, 5.41) is 3.42. The van der Waals surface area contributed by atoms with Crippen molar-refractivity contribution >= 4 is 0 Å². The standard InChI is InChI=1S/C15H26N2O/c1-12(2)7-9-18-15-14(6-5-8-17-15)11-16-10-13(3)4/h5-6,8,12-13,16H,7,9-11H2,1-4H3. The topological polar surface area (TPSA) is 34.1 Å². The maximum absolute atomic E-state index is 5.75. The first-order valence-electron chi connectivity index (χ1n) is 6.87. The van der Waals surface area contributed by atoms with Gasteiger partial charge in [-0.2, -0.15) is 0 Å². The third-order valence-corrected chi connectivity index (χ3v) is 2.65. The molecule has 0 fully saturated rings. The Morgan fingerprint density at radius 3 is 2.67 bits per heavy atom. The smallest absolute Gasteiger partial charge is 0.217 e. The van der Waals surface area contributed by atoms with Crippen LogP contribution in [0.25, 0.3) is 0 Å². The number of hydrogen-bond donors (Lipinski definition) is 1.